The minimum Gasteiger partial charge on any atom is -0.461 e. The summed E-state index contributed by atoms with van der Waals surface area (Å²) >= 11 is 0. The van der Waals surface area contributed by atoms with Crippen molar-refractivity contribution in [1.82, 2.24) is 10.8 Å². The molecule has 200 valence electrons. The Morgan fingerprint density at radius 3 is 2.24 bits per heavy atom. The maximum absolute atomic E-state index is 13.0. The van der Waals surface area contributed by atoms with Crippen molar-refractivity contribution in [2.24, 2.45) is 0 Å². The van der Waals surface area contributed by atoms with Crippen molar-refractivity contribution in [1.29, 1.82) is 0 Å². The predicted molar refractivity (Wildman–Crippen MR) is 142 cm³/mol. The molecule has 0 unspecified atom stereocenters. The van der Waals surface area contributed by atoms with Crippen molar-refractivity contribution in [3.05, 3.63) is 65.7 Å². The van der Waals surface area contributed by atoms with E-state index in [-0.39, 0.29) is 30.3 Å². The topological polar surface area (TPSA) is 117 Å². The molecule has 1 fully saturated rings. The van der Waals surface area contributed by atoms with Crippen LogP contribution >= 0.6 is 0 Å². The molecule has 8 nitrogen and oxygen atoms in total. The number of amides is 2. The third-order valence-electron chi connectivity index (χ3n) is 6.60. The number of carbonyl (C=O) groups excluding carboxylic acids is 3. The normalized spacial score (nSPS) is 14.2. The zero-order chi connectivity index (χ0) is 26.3. The standard InChI is InChI=1S/C29H39N3O5/c33-27(17-6-1-2-7-18-28(34)32-36)31-24-14-10-13-23(19-24)21-30-26(20-22-11-4-3-5-12-22)29(35)37-25-15-8-9-16-25/h3-5,10-14,19,25-26,30,36H,1-2,6-9,15-18,20-21H2,(H,31,33)(H,32,34)/t26-/m1/s1. The molecule has 2 aromatic rings. The lowest BCUT2D eigenvalue weighted by molar-refractivity contribution is -0.151. The number of esters is 1. The fourth-order valence-corrected chi connectivity index (χ4v) is 4.55. The molecule has 0 saturated heterocycles. The van der Waals surface area contributed by atoms with Gasteiger partial charge in [-0.15, -0.1) is 0 Å². The smallest absolute Gasteiger partial charge is 0.323 e. The first-order chi connectivity index (χ1) is 18.0. The molecule has 3 rings (SSSR count). The highest BCUT2D eigenvalue weighted by Gasteiger charge is 2.25. The van der Waals surface area contributed by atoms with Crippen LogP contribution in [0.15, 0.2) is 54.6 Å². The van der Waals surface area contributed by atoms with Gasteiger partial charge in [-0.3, -0.25) is 19.6 Å². The molecule has 0 heterocycles. The predicted octanol–water partition coefficient (Wildman–Crippen LogP) is 4.66. The molecule has 37 heavy (non-hydrogen) atoms. The quantitative estimate of drug-likeness (QED) is 0.120. The van der Waals surface area contributed by atoms with E-state index in [2.05, 4.69) is 10.6 Å². The molecule has 0 spiro atoms. The summed E-state index contributed by atoms with van der Waals surface area (Å²) in [5.41, 5.74) is 4.38. The van der Waals surface area contributed by atoms with Gasteiger partial charge in [0, 0.05) is 25.1 Å². The van der Waals surface area contributed by atoms with E-state index < -0.39 is 6.04 Å². The van der Waals surface area contributed by atoms with E-state index in [1.54, 1.807) is 5.48 Å². The SMILES string of the molecule is O=C(CCCCCCC(=O)Nc1cccc(CN[C@H](Cc2ccccc2)C(=O)OC2CCCC2)c1)NO. The number of benzene rings is 2. The van der Waals surface area contributed by atoms with Crippen LogP contribution in [-0.4, -0.2) is 35.1 Å². The van der Waals surface area contributed by atoms with Crippen LogP contribution in [0.4, 0.5) is 5.69 Å². The van der Waals surface area contributed by atoms with Crippen LogP contribution in [0.25, 0.3) is 0 Å². The van der Waals surface area contributed by atoms with Crippen LogP contribution in [0.5, 0.6) is 0 Å². The molecule has 2 aromatic carbocycles. The summed E-state index contributed by atoms with van der Waals surface area (Å²) in [4.78, 5) is 36.3. The largest absolute Gasteiger partial charge is 0.461 e. The Bertz CT molecular complexity index is 992. The van der Waals surface area contributed by atoms with Crippen LogP contribution in [0, 0.1) is 0 Å². The van der Waals surface area contributed by atoms with Crippen molar-refractivity contribution in [3.63, 3.8) is 0 Å². The van der Waals surface area contributed by atoms with Crippen LogP contribution in [0.1, 0.15) is 75.3 Å². The number of hydroxylamine groups is 1. The number of carbonyl (C=O) groups is 3. The van der Waals surface area contributed by atoms with Crippen molar-refractivity contribution in [2.75, 3.05) is 5.32 Å². The van der Waals surface area contributed by atoms with E-state index in [1.165, 1.54) is 0 Å². The van der Waals surface area contributed by atoms with Crippen molar-refractivity contribution >= 4 is 23.5 Å². The Morgan fingerprint density at radius 1 is 0.865 bits per heavy atom. The monoisotopic (exact) mass is 509 g/mol. The maximum atomic E-state index is 13.0. The van der Waals surface area contributed by atoms with E-state index in [1.807, 2.05) is 54.6 Å². The second kappa shape index (κ2) is 15.8. The van der Waals surface area contributed by atoms with Crippen LogP contribution in [0.3, 0.4) is 0 Å². The van der Waals surface area contributed by atoms with Gasteiger partial charge in [0.25, 0.3) is 0 Å². The summed E-state index contributed by atoms with van der Waals surface area (Å²) in [6, 6.07) is 17.1. The Kier molecular flexibility index (Phi) is 12.1. The van der Waals surface area contributed by atoms with E-state index in [4.69, 9.17) is 9.94 Å². The third-order valence-corrected chi connectivity index (χ3v) is 6.60. The highest BCUT2D eigenvalue weighted by Crippen LogP contribution is 2.22. The van der Waals surface area contributed by atoms with E-state index in [9.17, 15) is 14.4 Å². The molecule has 2 amide bonds. The molecule has 0 bridgehead atoms. The van der Waals surface area contributed by atoms with Gasteiger partial charge in [0.1, 0.15) is 12.1 Å². The van der Waals surface area contributed by atoms with Crippen LogP contribution < -0.4 is 16.1 Å². The average Bonchev–Trinajstić information content (AvgIpc) is 3.42. The molecule has 8 heteroatoms. The van der Waals surface area contributed by atoms with E-state index in [0.717, 1.165) is 61.8 Å². The van der Waals surface area contributed by atoms with Gasteiger partial charge in [-0.05, 0) is 68.2 Å². The molecule has 0 aromatic heterocycles. The minimum atomic E-state index is -0.454. The number of ether oxygens (including phenoxy) is 1. The highest BCUT2D eigenvalue weighted by molar-refractivity contribution is 5.90. The first kappa shape index (κ1) is 28.3. The zero-order valence-electron chi connectivity index (χ0n) is 21.4. The summed E-state index contributed by atoms with van der Waals surface area (Å²) in [5.74, 6) is -0.651. The summed E-state index contributed by atoms with van der Waals surface area (Å²) in [6.07, 6.45) is 8.44. The van der Waals surface area contributed by atoms with Crippen LogP contribution in [-0.2, 0) is 32.1 Å². The van der Waals surface area contributed by atoms with Gasteiger partial charge in [0.15, 0.2) is 0 Å². The Balaban J connectivity index is 1.47. The molecule has 1 aliphatic carbocycles. The summed E-state index contributed by atoms with van der Waals surface area (Å²) < 4.78 is 5.80. The van der Waals surface area contributed by atoms with Gasteiger partial charge in [-0.25, -0.2) is 5.48 Å². The van der Waals surface area contributed by atoms with Crippen molar-refractivity contribution in [2.45, 2.75) is 89.3 Å². The fraction of sp³-hybridized carbons (Fsp3) is 0.483. The number of unbranched alkanes of at least 4 members (excludes halogenated alkanes) is 3. The number of hydrogen-bond acceptors (Lipinski definition) is 6. The second-order valence-electron chi connectivity index (χ2n) is 9.66. The first-order valence-corrected chi connectivity index (χ1v) is 13.3. The van der Waals surface area contributed by atoms with Gasteiger partial charge in [0.05, 0.1) is 0 Å². The van der Waals surface area contributed by atoms with Gasteiger partial charge < -0.3 is 15.4 Å². The third kappa shape index (κ3) is 10.7. The van der Waals surface area contributed by atoms with Crippen LogP contribution in [0.2, 0.25) is 0 Å². The average molecular weight is 510 g/mol. The molecule has 1 aliphatic rings. The highest BCUT2D eigenvalue weighted by atomic mass is 16.5. The van der Waals surface area contributed by atoms with Crippen molar-refractivity contribution < 1.29 is 24.3 Å². The van der Waals surface area contributed by atoms with Crippen molar-refractivity contribution in [3.8, 4) is 0 Å². The molecule has 1 saturated carbocycles. The number of hydrogen-bond donors (Lipinski definition) is 4. The Hall–Kier alpha value is -3.23. The first-order valence-electron chi connectivity index (χ1n) is 13.3. The summed E-state index contributed by atoms with van der Waals surface area (Å²) in [6.45, 7) is 0.475. The number of rotatable bonds is 15. The van der Waals surface area contributed by atoms with Gasteiger partial charge in [-0.2, -0.15) is 0 Å². The molecular formula is C29H39N3O5. The lowest BCUT2D eigenvalue weighted by Gasteiger charge is -2.21. The molecular weight excluding hydrogens is 470 g/mol. The lowest BCUT2D eigenvalue weighted by Crippen LogP contribution is -2.40. The second-order valence-corrected chi connectivity index (χ2v) is 9.66. The number of anilines is 1. The van der Waals surface area contributed by atoms with Gasteiger partial charge in [0.2, 0.25) is 11.8 Å². The van der Waals surface area contributed by atoms with E-state index in [0.29, 0.717) is 25.8 Å². The van der Waals surface area contributed by atoms with Gasteiger partial charge in [-0.1, -0.05) is 55.3 Å². The Labute approximate surface area is 219 Å². The molecule has 4 N–H and O–H groups in total. The molecule has 0 radical (unpaired) electrons. The summed E-state index contributed by atoms with van der Waals surface area (Å²) in [7, 11) is 0. The summed E-state index contributed by atoms with van der Waals surface area (Å²) in [5, 5.41) is 14.8. The zero-order valence-corrected chi connectivity index (χ0v) is 21.4. The van der Waals surface area contributed by atoms with E-state index >= 15 is 0 Å². The molecule has 0 aliphatic heterocycles. The minimum absolute atomic E-state index is 0.0196. The van der Waals surface area contributed by atoms with Gasteiger partial charge >= 0.3 is 5.97 Å². The fourth-order valence-electron chi connectivity index (χ4n) is 4.55. The lowest BCUT2D eigenvalue weighted by atomic mass is 10.1. The number of nitrogens with one attached hydrogen (secondary N) is 3. The maximum Gasteiger partial charge on any atom is 0.323 e. The molecule has 1 atom stereocenters. The Morgan fingerprint density at radius 2 is 1.54 bits per heavy atom.